The van der Waals surface area contributed by atoms with Gasteiger partial charge in [0.05, 0.1) is 20.3 Å². The van der Waals surface area contributed by atoms with E-state index in [4.69, 9.17) is 19.3 Å². The molecule has 1 unspecified atom stereocenters. The van der Waals surface area contributed by atoms with Crippen LogP contribution in [0.5, 0.6) is 11.5 Å². The summed E-state index contributed by atoms with van der Waals surface area (Å²) in [5, 5.41) is 8.78. The van der Waals surface area contributed by atoms with E-state index in [2.05, 4.69) is 0 Å². The van der Waals surface area contributed by atoms with Crippen LogP contribution in [0.4, 0.5) is 4.79 Å². The Balaban J connectivity index is 2.41. The monoisotopic (exact) mass is 268 g/mol. The summed E-state index contributed by atoms with van der Waals surface area (Å²) < 4.78 is 14.8. The standard InChI is InChI=1S/C13H16O6/c1-17-11-4-2-3-5-12(11)19-13(16)18-7-6-10(8-14)9-15/h2-5,8,10,15H,6-7,9H2,1H3. The van der Waals surface area contributed by atoms with E-state index in [1.165, 1.54) is 7.11 Å². The number of hydrogen-bond acceptors (Lipinski definition) is 6. The van der Waals surface area contributed by atoms with Crippen molar-refractivity contribution in [3.05, 3.63) is 24.3 Å². The lowest BCUT2D eigenvalue weighted by Gasteiger charge is -2.10. The van der Waals surface area contributed by atoms with Crippen molar-refractivity contribution in [2.45, 2.75) is 6.42 Å². The van der Waals surface area contributed by atoms with Gasteiger partial charge >= 0.3 is 6.16 Å². The third-order valence-corrected chi connectivity index (χ3v) is 2.40. The molecule has 6 nitrogen and oxygen atoms in total. The first-order valence-corrected chi connectivity index (χ1v) is 5.75. The molecular weight excluding hydrogens is 252 g/mol. The number of ether oxygens (including phenoxy) is 3. The zero-order chi connectivity index (χ0) is 14.1. The Bertz CT molecular complexity index is 417. The van der Waals surface area contributed by atoms with Crippen molar-refractivity contribution in [1.29, 1.82) is 0 Å². The van der Waals surface area contributed by atoms with Gasteiger partial charge in [-0.15, -0.1) is 0 Å². The van der Waals surface area contributed by atoms with Crippen LogP contribution in [0, 0.1) is 5.92 Å². The molecule has 1 aromatic rings. The molecule has 0 aliphatic heterocycles. The molecular formula is C13H16O6. The van der Waals surface area contributed by atoms with E-state index in [1.54, 1.807) is 24.3 Å². The van der Waals surface area contributed by atoms with E-state index in [0.29, 0.717) is 12.0 Å². The second kappa shape index (κ2) is 8.10. The van der Waals surface area contributed by atoms with Crippen molar-refractivity contribution < 1.29 is 28.9 Å². The van der Waals surface area contributed by atoms with E-state index >= 15 is 0 Å². The Morgan fingerprint density at radius 3 is 2.63 bits per heavy atom. The van der Waals surface area contributed by atoms with E-state index in [0.717, 1.165) is 0 Å². The highest BCUT2D eigenvalue weighted by atomic mass is 16.7. The molecule has 0 saturated heterocycles. The van der Waals surface area contributed by atoms with Gasteiger partial charge in [0.1, 0.15) is 6.29 Å². The fourth-order valence-electron chi connectivity index (χ4n) is 1.32. The summed E-state index contributed by atoms with van der Waals surface area (Å²) in [4.78, 5) is 21.8. The molecule has 0 aromatic heterocycles. The SMILES string of the molecule is COc1ccccc1OC(=O)OCCC(C=O)CO. The normalized spacial score (nSPS) is 11.5. The molecule has 1 N–H and O–H groups in total. The van der Waals surface area contributed by atoms with Gasteiger partial charge in [0, 0.05) is 5.92 Å². The lowest BCUT2D eigenvalue weighted by molar-refractivity contribution is -0.112. The Kier molecular flexibility index (Phi) is 6.38. The molecule has 0 amide bonds. The quantitative estimate of drug-likeness (QED) is 0.457. The zero-order valence-corrected chi connectivity index (χ0v) is 10.6. The highest BCUT2D eigenvalue weighted by Crippen LogP contribution is 2.26. The Morgan fingerprint density at radius 2 is 2.05 bits per heavy atom. The molecule has 0 heterocycles. The van der Waals surface area contributed by atoms with Crippen LogP contribution in [0.15, 0.2) is 24.3 Å². The predicted molar refractivity (Wildman–Crippen MR) is 66.2 cm³/mol. The van der Waals surface area contributed by atoms with E-state index in [1.807, 2.05) is 0 Å². The van der Waals surface area contributed by atoms with Crippen LogP contribution in [0.3, 0.4) is 0 Å². The zero-order valence-electron chi connectivity index (χ0n) is 10.6. The number of aliphatic hydroxyl groups is 1. The molecule has 19 heavy (non-hydrogen) atoms. The molecule has 6 heteroatoms. The van der Waals surface area contributed by atoms with Crippen LogP contribution in [0.25, 0.3) is 0 Å². The first kappa shape index (κ1) is 15.0. The first-order chi connectivity index (χ1) is 9.21. The second-order valence-electron chi connectivity index (χ2n) is 3.72. The summed E-state index contributed by atoms with van der Waals surface area (Å²) in [5.74, 6) is 0.142. The van der Waals surface area contributed by atoms with E-state index < -0.39 is 12.1 Å². The molecule has 1 rings (SSSR count). The molecule has 0 fully saturated rings. The maximum atomic E-state index is 11.4. The Labute approximate surface area is 110 Å². The number of hydrogen-bond donors (Lipinski definition) is 1. The number of benzene rings is 1. The minimum atomic E-state index is -0.882. The van der Waals surface area contributed by atoms with Gasteiger partial charge in [-0.2, -0.15) is 0 Å². The second-order valence-corrected chi connectivity index (χ2v) is 3.72. The lowest BCUT2D eigenvalue weighted by atomic mass is 10.1. The van der Waals surface area contributed by atoms with Crippen LogP contribution in [0.1, 0.15) is 6.42 Å². The van der Waals surface area contributed by atoms with Gasteiger partial charge in [-0.1, -0.05) is 12.1 Å². The minimum Gasteiger partial charge on any atom is -0.493 e. The topological polar surface area (TPSA) is 82.1 Å². The molecule has 0 spiro atoms. The van der Waals surface area contributed by atoms with E-state index in [9.17, 15) is 9.59 Å². The minimum absolute atomic E-state index is 0.00203. The number of aliphatic hydroxyl groups excluding tert-OH is 1. The fraction of sp³-hybridized carbons (Fsp3) is 0.385. The van der Waals surface area contributed by atoms with Crippen LogP contribution < -0.4 is 9.47 Å². The molecule has 104 valence electrons. The molecule has 0 saturated carbocycles. The number of methoxy groups -OCH3 is 1. The predicted octanol–water partition coefficient (Wildman–Crippen LogP) is 1.41. The maximum absolute atomic E-state index is 11.4. The third kappa shape index (κ3) is 4.97. The van der Waals surface area contributed by atoms with Gasteiger partial charge in [0.25, 0.3) is 0 Å². The summed E-state index contributed by atoms with van der Waals surface area (Å²) >= 11 is 0. The van der Waals surface area contributed by atoms with Crippen LogP contribution in [-0.4, -0.2) is 37.9 Å². The van der Waals surface area contributed by atoms with Crippen LogP contribution >= 0.6 is 0 Å². The van der Waals surface area contributed by atoms with Gasteiger partial charge in [-0.25, -0.2) is 4.79 Å². The van der Waals surface area contributed by atoms with Gasteiger partial charge in [-0.3, -0.25) is 0 Å². The smallest absolute Gasteiger partial charge is 0.493 e. The van der Waals surface area contributed by atoms with Crippen molar-refractivity contribution in [3.63, 3.8) is 0 Å². The van der Waals surface area contributed by atoms with Crippen LogP contribution in [0.2, 0.25) is 0 Å². The van der Waals surface area contributed by atoms with Crippen molar-refractivity contribution in [2.24, 2.45) is 5.92 Å². The average Bonchev–Trinajstić information content (AvgIpc) is 2.44. The molecule has 0 aliphatic rings. The number of aldehydes is 1. The summed E-state index contributed by atoms with van der Waals surface area (Å²) in [6.45, 7) is -0.271. The van der Waals surface area contributed by atoms with Gasteiger partial charge < -0.3 is 24.1 Å². The van der Waals surface area contributed by atoms with E-state index in [-0.39, 0.29) is 25.4 Å². The lowest BCUT2D eigenvalue weighted by Crippen LogP contribution is -2.16. The maximum Gasteiger partial charge on any atom is 0.513 e. The van der Waals surface area contributed by atoms with Gasteiger partial charge in [0.2, 0.25) is 0 Å². The van der Waals surface area contributed by atoms with Gasteiger partial charge in [-0.05, 0) is 18.6 Å². The van der Waals surface area contributed by atoms with Crippen molar-refractivity contribution >= 4 is 12.4 Å². The Morgan fingerprint density at radius 1 is 1.37 bits per heavy atom. The molecule has 0 aliphatic carbocycles. The summed E-state index contributed by atoms with van der Waals surface area (Å²) in [5.41, 5.74) is 0. The molecule has 0 radical (unpaired) electrons. The van der Waals surface area contributed by atoms with Crippen molar-refractivity contribution in [3.8, 4) is 11.5 Å². The van der Waals surface area contributed by atoms with Gasteiger partial charge in [0.15, 0.2) is 11.5 Å². The number of carbonyl (C=O) groups excluding carboxylic acids is 2. The molecule has 1 atom stereocenters. The number of carbonyl (C=O) groups is 2. The highest BCUT2D eigenvalue weighted by Gasteiger charge is 2.12. The molecule has 1 aromatic carbocycles. The summed E-state index contributed by atoms with van der Waals surface area (Å²) in [6, 6.07) is 6.66. The molecule has 0 bridgehead atoms. The number of para-hydroxylation sites is 2. The first-order valence-electron chi connectivity index (χ1n) is 5.75. The van der Waals surface area contributed by atoms with Crippen molar-refractivity contribution in [2.75, 3.05) is 20.3 Å². The summed E-state index contributed by atoms with van der Waals surface area (Å²) in [7, 11) is 1.46. The third-order valence-electron chi connectivity index (χ3n) is 2.40. The largest absolute Gasteiger partial charge is 0.513 e. The Hall–Kier alpha value is -2.08. The summed E-state index contributed by atoms with van der Waals surface area (Å²) in [6.07, 6.45) is -0.0114. The highest BCUT2D eigenvalue weighted by molar-refractivity contribution is 5.65. The van der Waals surface area contributed by atoms with Crippen LogP contribution in [-0.2, 0) is 9.53 Å². The average molecular weight is 268 g/mol. The number of rotatable bonds is 7. The fourth-order valence-corrected chi connectivity index (χ4v) is 1.32. The van der Waals surface area contributed by atoms with Crippen molar-refractivity contribution in [1.82, 2.24) is 0 Å².